The second kappa shape index (κ2) is 5.47. The predicted octanol–water partition coefficient (Wildman–Crippen LogP) is 2.59. The lowest BCUT2D eigenvalue weighted by molar-refractivity contribution is 0.167. The van der Waals surface area contributed by atoms with Crippen LogP contribution >= 0.6 is 11.6 Å². The lowest BCUT2D eigenvalue weighted by Crippen LogP contribution is -2.28. The topological polar surface area (TPSA) is 39.7 Å². The van der Waals surface area contributed by atoms with Crippen molar-refractivity contribution in [1.82, 2.24) is 5.32 Å². The number of benzene rings is 1. The van der Waals surface area contributed by atoms with Crippen molar-refractivity contribution in [2.45, 2.75) is 18.8 Å². The van der Waals surface area contributed by atoms with Gasteiger partial charge in [-0.1, -0.05) is 11.6 Å². The molecule has 1 saturated heterocycles. The average molecular weight is 284 g/mol. The van der Waals surface area contributed by atoms with Gasteiger partial charge in [-0.2, -0.15) is 0 Å². The molecule has 4 nitrogen and oxygen atoms in total. The second-order valence-corrected chi connectivity index (χ2v) is 5.26. The van der Waals surface area contributed by atoms with Gasteiger partial charge in [0.05, 0.1) is 12.1 Å². The Morgan fingerprint density at radius 2 is 2.00 bits per heavy atom. The highest BCUT2D eigenvalue weighted by molar-refractivity contribution is 6.32. The number of methoxy groups -OCH3 is 1. The van der Waals surface area contributed by atoms with Gasteiger partial charge in [0.15, 0.2) is 11.5 Å². The number of hydrogen-bond donors (Lipinski definition) is 1. The lowest BCUT2D eigenvalue weighted by atomic mass is 9.88. The summed E-state index contributed by atoms with van der Waals surface area (Å²) in [7, 11) is 1.65. The largest absolute Gasteiger partial charge is 0.495 e. The van der Waals surface area contributed by atoms with E-state index in [0.29, 0.717) is 24.2 Å². The Bertz CT molecular complexity index is 472. The summed E-state index contributed by atoms with van der Waals surface area (Å²) in [5.74, 6) is 2.70. The van der Waals surface area contributed by atoms with Crippen LogP contribution in [-0.4, -0.2) is 33.4 Å². The minimum absolute atomic E-state index is 0.408. The van der Waals surface area contributed by atoms with Gasteiger partial charge in [-0.15, -0.1) is 0 Å². The Hall–Kier alpha value is -1.13. The van der Waals surface area contributed by atoms with Gasteiger partial charge >= 0.3 is 0 Å². The van der Waals surface area contributed by atoms with Gasteiger partial charge in [0.25, 0.3) is 0 Å². The molecule has 1 N–H and O–H groups in total. The van der Waals surface area contributed by atoms with Crippen molar-refractivity contribution in [3.8, 4) is 17.2 Å². The molecule has 0 unspecified atom stereocenters. The fourth-order valence-electron chi connectivity index (χ4n) is 2.85. The van der Waals surface area contributed by atoms with Gasteiger partial charge < -0.3 is 19.5 Å². The number of hydrogen-bond acceptors (Lipinski definition) is 4. The zero-order valence-corrected chi connectivity index (χ0v) is 11.8. The van der Waals surface area contributed by atoms with Crippen LogP contribution < -0.4 is 19.5 Å². The average Bonchev–Trinajstić information content (AvgIpc) is 2.46. The third-order valence-corrected chi connectivity index (χ3v) is 4.01. The van der Waals surface area contributed by atoms with E-state index in [0.717, 1.165) is 48.7 Å². The van der Waals surface area contributed by atoms with Crippen LogP contribution in [0.5, 0.6) is 17.2 Å². The van der Waals surface area contributed by atoms with Gasteiger partial charge in [-0.3, -0.25) is 0 Å². The van der Waals surface area contributed by atoms with Crippen LogP contribution in [-0.2, 0) is 0 Å². The maximum Gasteiger partial charge on any atom is 0.168 e. The van der Waals surface area contributed by atoms with Crippen LogP contribution in [0.3, 0.4) is 0 Å². The van der Waals surface area contributed by atoms with Gasteiger partial charge in [0, 0.05) is 11.6 Å². The first-order valence-corrected chi connectivity index (χ1v) is 7.05. The summed E-state index contributed by atoms with van der Waals surface area (Å²) < 4.78 is 17.0. The van der Waals surface area contributed by atoms with E-state index >= 15 is 0 Å². The Labute approximate surface area is 118 Å². The van der Waals surface area contributed by atoms with Crippen LogP contribution in [0.15, 0.2) is 6.07 Å². The minimum atomic E-state index is 0.408. The number of halogens is 1. The molecule has 1 fully saturated rings. The van der Waals surface area contributed by atoms with E-state index in [1.807, 2.05) is 0 Å². The summed E-state index contributed by atoms with van der Waals surface area (Å²) in [5, 5.41) is 3.97. The van der Waals surface area contributed by atoms with E-state index in [4.69, 9.17) is 25.8 Å². The highest BCUT2D eigenvalue weighted by Gasteiger charge is 2.29. The molecule has 1 aromatic carbocycles. The molecule has 0 radical (unpaired) electrons. The summed E-state index contributed by atoms with van der Waals surface area (Å²) in [6.07, 6.45) is 2.12. The molecule has 0 saturated carbocycles. The number of fused-ring (bicyclic) bond motifs is 1. The van der Waals surface area contributed by atoms with Crippen molar-refractivity contribution in [2.24, 2.45) is 0 Å². The normalized spacial score (nSPS) is 19.3. The second-order valence-electron chi connectivity index (χ2n) is 4.85. The highest BCUT2D eigenvalue weighted by Crippen LogP contribution is 2.49. The molecular formula is C14H18ClNO3. The number of piperidine rings is 1. The summed E-state index contributed by atoms with van der Waals surface area (Å²) in [6, 6.07) is 1.79. The maximum absolute atomic E-state index is 6.31. The highest BCUT2D eigenvalue weighted by atomic mass is 35.5. The molecule has 5 heteroatoms. The third kappa shape index (κ3) is 2.35. The van der Waals surface area contributed by atoms with E-state index < -0.39 is 0 Å². The van der Waals surface area contributed by atoms with E-state index in [1.54, 1.807) is 13.2 Å². The van der Waals surface area contributed by atoms with Crippen molar-refractivity contribution >= 4 is 11.6 Å². The molecule has 0 aliphatic carbocycles. The van der Waals surface area contributed by atoms with Crippen molar-refractivity contribution in [3.63, 3.8) is 0 Å². The van der Waals surface area contributed by atoms with Crippen LogP contribution in [0.4, 0.5) is 0 Å². The zero-order chi connectivity index (χ0) is 13.2. The minimum Gasteiger partial charge on any atom is -0.495 e. The van der Waals surface area contributed by atoms with Crippen molar-refractivity contribution in [1.29, 1.82) is 0 Å². The third-order valence-electron chi connectivity index (χ3n) is 3.73. The molecule has 19 heavy (non-hydrogen) atoms. The first-order valence-electron chi connectivity index (χ1n) is 6.68. The molecule has 0 aromatic heterocycles. The van der Waals surface area contributed by atoms with Gasteiger partial charge in [0.1, 0.15) is 19.0 Å². The van der Waals surface area contributed by atoms with Crippen LogP contribution in [0.25, 0.3) is 0 Å². The Balaban J connectivity index is 2.09. The quantitative estimate of drug-likeness (QED) is 0.906. The van der Waals surface area contributed by atoms with E-state index in [1.165, 1.54) is 0 Å². The van der Waals surface area contributed by atoms with Gasteiger partial charge in [-0.25, -0.2) is 0 Å². The Morgan fingerprint density at radius 3 is 2.74 bits per heavy atom. The molecule has 104 valence electrons. The first-order chi connectivity index (χ1) is 9.31. The van der Waals surface area contributed by atoms with Crippen LogP contribution in [0.2, 0.25) is 5.02 Å². The van der Waals surface area contributed by atoms with Crippen LogP contribution in [0, 0.1) is 0 Å². The number of rotatable bonds is 2. The first kappa shape index (κ1) is 12.9. The standard InChI is InChI=1S/C14H18ClNO3/c1-17-13-10(15)8-11-14(19-7-6-18-11)12(13)9-2-4-16-5-3-9/h8-9,16H,2-7H2,1H3. The smallest absolute Gasteiger partial charge is 0.168 e. The molecule has 2 heterocycles. The van der Waals surface area contributed by atoms with E-state index in [-0.39, 0.29) is 0 Å². The monoisotopic (exact) mass is 283 g/mol. The summed E-state index contributed by atoms with van der Waals surface area (Å²) in [6.45, 7) is 3.17. The van der Waals surface area contributed by atoms with Gasteiger partial charge in [-0.05, 0) is 31.8 Å². The summed E-state index contributed by atoms with van der Waals surface area (Å²) in [5.41, 5.74) is 1.08. The van der Waals surface area contributed by atoms with E-state index in [2.05, 4.69) is 5.32 Å². The number of ether oxygens (including phenoxy) is 3. The molecule has 0 spiro atoms. The summed E-state index contributed by atoms with van der Waals surface area (Å²) in [4.78, 5) is 0. The van der Waals surface area contributed by atoms with Crippen molar-refractivity contribution < 1.29 is 14.2 Å². The SMILES string of the molecule is COc1c(Cl)cc2c(c1C1CCNCC1)OCCO2. The molecule has 0 amide bonds. The Morgan fingerprint density at radius 1 is 1.26 bits per heavy atom. The molecule has 2 aliphatic heterocycles. The van der Waals surface area contributed by atoms with Crippen molar-refractivity contribution in [3.05, 3.63) is 16.7 Å². The molecule has 0 bridgehead atoms. The molecular weight excluding hydrogens is 266 g/mol. The van der Waals surface area contributed by atoms with Crippen LogP contribution in [0.1, 0.15) is 24.3 Å². The molecule has 1 aromatic rings. The fourth-order valence-corrected chi connectivity index (χ4v) is 3.13. The molecule has 0 atom stereocenters. The number of nitrogens with one attached hydrogen (secondary N) is 1. The van der Waals surface area contributed by atoms with E-state index in [9.17, 15) is 0 Å². The van der Waals surface area contributed by atoms with Crippen molar-refractivity contribution in [2.75, 3.05) is 33.4 Å². The summed E-state index contributed by atoms with van der Waals surface area (Å²) >= 11 is 6.31. The Kier molecular flexibility index (Phi) is 3.71. The maximum atomic E-state index is 6.31. The predicted molar refractivity (Wildman–Crippen MR) is 73.8 cm³/mol. The lowest BCUT2D eigenvalue weighted by Gasteiger charge is -2.29. The zero-order valence-electron chi connectivity index (χ0n) is 11.0. The molecule has 3 rings (SSSR count). The van der Waals surface area contributed by atoms with Gasteiger partial charge in [0.2, 0.25) is 0 Å². The fraction of sp³-hybridized carbons (Fsp3) is 0.571. The molecule has 2 aliphatic rings.